The van der Waals surface area contributed by atoms with E-state index < -0.39 is 32.1 Å². The van der Waals surface area contributed by atoms with Crippen LogP contribution in [0.1, 0.15) is 12.0 Å². The Kier molecular flexibility index (Phi) is 3.49. The molecule has 1 unspecified atom stereocenters. The zero-order valence-corrected chi connectivity index (χ0v) is 12.0. The molecule has 1 N–H and O–H groups in total. The molecule has 104 valence electrons. The lowest BCUT2D eigenvalue weighted by atomic mass is 10.3. The molecule has 1 aromatic rings. The van der Waals surface area contributed by atoms with E-state index in [1.807, 2.05) is 4.72 Å². The summed E-state index contributed by atoms with van der Waals surface area (Å²) in [6.45, 7) is 1.40. The predicted octanol–water partition coefficient (Wildman–Crippen LogP) is 1.53. The van der Waals surface area contributed by atoms with Crippen LogP contribution in [-0.2, 0) is 14.8 Å². The number of carbonyl (C=O) groups excluding carboxylic acids is 1. The van der Waals surface area contributed by atoms with Crippen molar-refractivity contribution in [1.29, 1.82) is 0 Å². The maximum atomic E-state index is 12.8. The van der Waals surface area contributed by atoms with Gasteiger partial charge in [-0.3, -0.25) is 4.79 Å². The van der Waals surface area contributed by atoms with Gasteiger partial charge in [-0.25, -0.2) is 18.1 Å². The van der Waals surface area contributed by atoms with Crippen LogP contribution in [0.25, 0.3) is 0 Å². The molecular weight excluding hydrogens is 318 g/mol. The quantitative estimate of drug-likeness (QED) is 0.675. The van der Waals surface area contributed by atoms with Crippen LogP contribution < -0.4 is 4.72 Å². The third-order valence-electron chi connectivity index (χ3n) is 2.70. The standard InChI is InChI=1S/C10H9Cl2FN2O3S/c1-5-2-8(13)14-4-7(5)19(17,18)15-9(16)6-3-10(6,11)12/h2,4,6H,3H2,1H3,(H,15,16). The number of sulfonamides is 1. The number of nitrogens with one attached hydrogen (secondary N) is 1. The van der Waals surface area contributed by atoms with Crippen LogP contribution in [0.5, 0.6) is 0 Å². The van der Waals surface area contributed by atoms with Crippen molar-refractivity contribution in [2.75, 3.05) is 0 Å². The van der Waals surface area contributed by atoms with Gasteiger partial charge in [0.15, 0.2) is 0 Å². The minimum Gasteiger partial charge on any atom is -0.274 e. The molecule has 1 fully saturated rings. The Hall–Kier alpha value is -0.920. The lowest BCUT2D eigenvalue weighted by molar-refractivity contribution is -0.120. The molecule has 1 saturated carbocycles. The van der Waals surface area contributed by atoms with Gasteiger partial charge in [-0.05, 0) is 25.0 Å². The number of halogens is 3. The van der Waals surface area contributed by atoms with Crippen LogP contribution in [-0.4, -0.2) is 23.6 Å². The summed E-state index contributed by atoms with van der Waals surface area (Å²) < 4.78 is 37.3. The van der Waals surface area contributed by atoms with Crippen LogP contribution in [0.3, 0.4) is 0 Å². The van der Waals surface area contributed by atoms with Gasteiger partial charge in [0.05, 0.1) is 12.1 Å². The van der Waals surface area contributed by atoms with Crippen LogP contribution in [0.15, 0.2) is 17.2 Å². The van der Waals surface area contributed by atoms with Crippen molar-refractivity contribution >= 4 is 39.1 Å². The molecule has 0 aromatic carbocycles. The fourth-order valence-corrected chi connectivity index (χ4v) is 3.24. The Balaban J connectivity index is 2.21. The second kappa shape index (κ2) is 4.57. The van der Waals surface area contributed by atoms with Crippen LogP contribution in [0.2, 0.25) is 0 Å². The van der Waals surface area contributed by atoms with E-state index in [9.17, 15) is 17.6 Å². The molecule has 1 heterocycles. The number of alkyl halides is 2. The molecule has 9 heteroatoms. The monoisotopic (exact) mass is 326 g/mol. The second-order valence-corrected chi connectivity index (χ2v) is 7.45. The first-order valence-electron chi connectivity index (χ1n) is 5.20. The van der Waals surface area contributed by atoms with Gasteiger partial charge in [-0.2, -0.15) is 4.39 Å². The van der Waals surface area contributed by atoms with Gasteiger partial charge in [0, 0.05) is 0 Å². The summed E-state index contributed by atoms with van der Waals surface area (Å²) in [7, 11) is -4.11. The third-order valence-corrected chi connectivity index (χ3v) is 5.01. The highest BCUT2D eigenvalue weighted by Gasteiger charge is 2.57. The minimum absolute atomic E-state index is 0.145. The first-order chi connectivity index (χ1) is 8.63. The molecule has 0 aliphatic heterocycles. The topological polar surface area (TPSA) is 76.1 Å². The molecule has 1 atom stereocenters. The molecule has 0 saturated heterocycles. The highest BCUT2D eigenvalue weighted by Crippen LogP contribution is 2.53. The molecule has 0 radical (unpaired) electrons. The predicted molar refractivity (Wildman–Crippen MR) is 66.8 cm³/mol. The van der Waals surface area contributed by atoms with E-state index in [4.69, 9.17) is 23.2 Å². The lowest BCUT2D eigenvalue weighted by Gasteiger charge is -2.08. The molecule has 0 spiro atoms. The van der Waals surface area contributed by atoms with E-state index in [0.29, 0.717) is 0 Å². The van der Waals surface area contributed by atoms with Crippen LogP contribution in [0.4, 0.5) is 4.39 Å². The number of aromatic nitrogens is 1. The number of pyridine rings is 1. The van der Waals surface area contributed by atoms with E-state index in [1.165, 1.54) is 6.92 Å². The summed E-state index contributed by atoms with van der Waals surface area (Å²) in [6.07, 6.45) is 1.04. The third kappa shape index (κ3) is 2.98. The minimum atomic E-state index is -4.11. The van der Waals surface area contributed by atoms with Crippen molar-refractivity contribution < 1.29 is 17.6 Å². The first kappa shape index (κ1) is 14.5. The molecule has 2 rings (SSSR count). The number of carbonyl (C=O) groups is 1. The molecule has 1 aromatic heterocycles. The van der Waals surface area contributed by atoms with Crippen molar-refractivity contribution in [3.8, 4) is 0 Å². The summed E-state index contributed by atoms with van der Waals surface area (Å²) in [5, 5.41) is 0. The van der Waals surface area contributed by atoms with Crippen molar-refractivity contribution in [2.24, 2.45) is 5.92 Å². The van der Waals surface area contributed by atoms with Crippen molar-refractivity contribution in [3.63, 3.8) is 0 Å². The Labute approximate surface area is 119 Å². The maximum absolute atomic E-state index is 12.8. The Morgan fingerprint density at radius 3 is 2.63 bits per heavy atom. The van der Waals surface area contributed by atoms with Crippen molar-refractivity contribution in [2.45, 2.75) is 22.6 Å². The average molecular weight is 327 g/mol. The molecule has 1 aliphatic rings. The number of amides is 1. The van der Waals surface area contributed by atoms with Gasteiger partial charge >= 0.3 is 0 Å². The van der Waals surface area contributed by atoms with Crippen molar-refractivity contribution in [1.82, 2.24) is 9.71 Å². The molecule has 1 aliphatic carbocycles. The van der Waals surface area contributed by atoms with E-state index in [2.05, 4.69) is 4.98 Å². The maximum Gasteiger partial charge on any atom is 0.265 e. The summed E-state index contributed by atoms with van der Waals surface area (Å²) in [6, 6.07) is 0.962. The summed E-state index contributed by atoms with van der Waals surface area (Å²) >= 11 is 11.4. The highest BCUT2D eigenvalue weighted by molar-refractivity contribution is 7.90. The summed E-state index contributed by atoms with van der Waals surface area (Å²) in [5.74, 6) is -2.35. The Morgan fingerprint density at radius 2 is 2.16 bits per heavy atom. The van der Waals surface area contributed by atoms with Gasteiger partial charge in [0.25, 0.3) is 10.0 Å². The second-order valence-electron chi connectivity index (χ2n) is 4.26. The molecule has 5 nitrogen and oxygen atoms in total. The van der Waals surface area contributed by atoms with E-state index in [1.54, 1.807) is 0 Å². The van der Waals surface area contributed by atoms with E-state index in [0.717, 1.165) is 12.3 Å². The van der Waals surface area contributed by atoms with Crippen LogP contribution >= 0.6 is 23.2 Å². The number of rotatable bonds is 3. The Morgan fingerprint density at radius 1 is 1.58 bits per heavy atom. The molecule has 0 bridgehead atoms. The van der Waals surface area contributed by atoms with Gasteiger partial charge in [0.1, 0.15) is 9.23 Å². The van der Waals surface area contributed by atoms with Gasteiger partial charge < -0.3 is 0 Å². The fraction of sp³-hybridized carbons (Fsp3) is 0.400. The molecular formula is C10H9Cl2FN2O3S. The van der Waals surface area contributed by atoms with Gasteiger partial charge in [-0.15, -0.1) is 23.2 Å². The number of hydrogen-bond donors (Lipinski definition) is 1. The van der Waals surface area contributed by atoms with Gasteiger partial charge in [-0.1, -0.05) is 0 Å². The highest BCUT2D eigenvalue weighted by atomic mass is 35.5. The van der Waals surface area contributed by atoms with Gasteiger partial charge in [0.2, 0.25) is 11.9 Å². The van der Waals surface area contributed by atoms with Crippen molar-refractivity contribution in [3.05, 3.63) is 23.8 Å². The molecule has 19 heavy (non-hydrogen) atoms. The lowest BCUT2D eigenvalue weighted by Crippen LogP contribution is -2.33. The fourth-order valence-electron chi connectivity index (χ4n) is 1.55. The smallest absolute Gasteiger partial charge is 0.265 e. The largest absolute Gasteiger partial charge is 0.274 e. The average Bonchev–Trinajstić information content (AvgIpc) is 2.86. The number of hydrogen-bond acceptors (Lipinski definition) is 4. The first-order valence-corrected chi connectivity index (χ1v) is 7.44. The normalized spacial score (nSPS) is 20.9. The van der Waals surface area contributed by atoms with E-state index >= 15 is 0 Å². The summed E-state index contributed by atoms with van der Waals surface area (Å²) in [4.78, 5) is 14.6. The summed E-state index contributed by atoms with van der Waals surface area (Å²) in [5.41, 5.74) is 0.145. The Bertz CT molecular complexity index is 648. The molecule has 1 amide bonds. The number of nitrogens with zero attached hydrogens (tertiary/aromatic N) is 1. The SMILES string of the molecule is Cc1cc(F)ncc1S(=O)(=O)NC(=O)C1CC1(Cl)Cl. The number of aryl methyl sites for hydroxylation is 1. The van der Waals surface area contributed by atoms with Crippen LogP contribution in [0, 0.1) is 18.8 Å². The van der Waals surface area contributed by atoms with E-state index in [-0.39, 0.29) is 16.9 Å². The zero-order chi connectivity index (χ0) is 14.4. The zero-order valence-electron chi connectivity index (χ0n) is 9.65.